The van der Waals surface area contributed by atoms with Crippen LogP contribution in [0.1, 0.15) is 58.1 Å². The lowest BCUT2D eigenvalue weighted by atomic mass is 9.76. The molecule has 0 spiro atoms. The lowest BCUT2D eigenvalue weighted by molar-refractivity contribution is -0.122. The maximum absolute atomic E-state index is 14.4. The van der Waals surface area contributed by atoms with E-state index in [1.165, 1.54) is 24.3 Å². The van der Waals surface area contributed by atoms with Gasteiger partial charge >= 0.3 is 6.03 Å². The Balaban J connectivity index is 1.18. The first kappa shape index (κ1) is 35.7. The van der Waals surface area contributed by atoms with Crippen LogP contribution in [0.15, 0.2) is 109 Å². The molecule has 5 aromatic rings. The molecule has 8 rings (SSSR count). The summed E-state index contributed by atoms with van der Waals surface area (Å²) in [6, 6.07) is 32.0. The second-order valence-electron chi connectivity index (χ2n) is 13.5. The first-order valence-corrected chi connectivity index (χ1v) is 18.7. The third kappa shape index (κ3) is 6.70. The Hall–Kier alpha value is -5.28. The van der Waals surface area contributed by atoms with Crippen LogP contribution < -0.4 is 24.6 Å². The molecule has 2 atom stereocenters. The summed E-state index contributed by atoms with van der Waals surface area (Å²) in [5, 5.41) is 3.41. The summed E-state index contributed by atoms with van der Waals surface area (Å²) in [7, 11) is 1.46. The number of carbonyl (C=O) groups excluding carboxylic acids is 3. The highest BCUT2D eigenvalue weighted by Crippen LogP contribution is 2.50. The minimum Gasteiger partial charge on any atom is -0.493 e. The number of urea groups is 1. The predicted molar refractivity (Wildman–Crippen MR) is 212 cm³/mol. The molecular weight excluding hydrogens is 745 g/mol. The van der Waals surface area contributed by atoms with Crippen LogP contribution in [0.25, 0.3) is 6.08 Å². The van der Waals surface area contributed by atoms with Crippen molar-refractivity contribution in [3.63, 3.8) is 0 Å². The molecule has 3 aliphatic heterocycles. The molecule has 11 heteroatoms. The summed E-state index contributed by atoms with van der Waals surface area (Å²) >= 11 is 18.9. The number of rotatable bonds is 8. The van der Waals surface area contributed by atoms with Gasteiger partial charge < -0.3 is 14.4 Å². The maximum Gasteiger partial charge on any atom is 0.335 e. The van der Waals surface area contributed by atoms with Gasteiger partial charge in [-0.2, -0.15) is 0 Å². The summed E-state index contributed by atoms with van der Waals surface area (Å²) in [6.45, 7) is 1.93. The molecule has 1 saturated heterocycles. The van der Waals surface area contributed by atoms with E-state index in [4.69, 9.17) is 44.3 Å². The average molecular weight is 779 g/mol. The van der Waals surface area contributed by atoms with E-state index in [1.54, 1.807) is 30.3 Å². The molecule has 272 valence electrons. The Labute approximate surface area is 327 Å². The zero-order valence-corrected chi connectivity index (χ0v) is 31.4. The highest BCUT2D eigenvalue weighted by molar-refractivity contribution is 6.42. The predicted octanol–water partition coefficient (Wildman–Crippen LogP) is 9.78. The highest BCUT2D eigenvalue weighted by Gasteiger charge is 2.40. The van der Waals surface area contributed by atoms with Gasteiger partial charge in [-0.15, -0.1) is 0 Å². The van der Waals surface area contributed by atoms with Crippen molar-refractivity contribution in [1.29, 1.82) is 0 Å². The van der Waals surface area contributed by atoms with Crippen molar-refractivity contribution in [3.8, 4) is 11.5 Å². The third-order valence-electron chi connectivity index (χ3n) is 10.3. The molecule has 3 heterocycles. The van der Waals surface area contributed by atoms with Crippen LogP contribution >= 0.6 is 34.8 Å². The number of nitrogens with zero attached hydrogens (tertiary/aromatic N) is 2. The van der Waals surface area contributed by atoms with Gasteiger partial charge in [0.2, 0.25) is 0 Å². The molecule has 0 unspecified atom stereocenters. The standard InChI is InChI=1S/C43H34Cl3N3O5/c1-53-38-21-26(20-37(46)40(38)54-24-25-12-13-35(44)36(45)19-25)18-34-41(50)47-43(52)49(42(34)51)29-22-32-30(27-8-4-2-5-9-27)14-16-48-17-15-31(33(23-29)39(32)48)28-10-6-3-7-11-28/h2-13,18-23,30-31H,14-17,24H2,1H3,(H,47,50,52)/b34-18+/t30-,31+. The van der Waals surface area contributed by atoms with Gasteiger partial charge in [-0.1, -0.05) is 102 Å². The second kappa shape index (κ2) is 14.9. The number of imide groups is 2. The van der Waals surface area contributed by atoms with Crippen molar-refractivity contribution in [2.45, 2.75) is 31.3 Å². The lowest BCUT2D eigenvalue weighted by Gasteiger charge is -2.44. The van der Waals surface area contributed by atoms with Crippen molar-refractivity contribution in [3.05, 3.63) is 157 Å². The second-order valence-corrected chi connectivity index (χ2v) is 14.7. The number of barbiturate groups is 1. The molecule has 0 aliphatic carbocycles. The van der Waals surface area contributed by atoms with Gasteiger partial charge in [0.1, 0.15) is 12.2 Å². The Morgan fingerprint density at radius 3 is 1.98 bits per heavy atom. The zero-order chi connectivity index (χ0) is 37.5. The summed E-state index contributed by atoms with van der Waals surface area (Å²) in [5.41, 5.74) is 6.92. The monoisotopic (exact) mass is 777 g/mol. The number of nitrogens with one attached hydrogen (secondary N) is 1. The minimum absolute atomic E-state index is 0.0530. The van der Waals surface area contributed by atoms with Gasteiger partial charge in [-0.3, -0.25) is 14.9 Å². The number of hydrogen-bond donors (Lipinski definition) is 1. The Bertz CT molecular complexity index is 2260. The Morgan fingerprint density at radius 2 is 1.39 bits per heavy atom. The van der Waals surface area contributed by atoms with E-state index >= 15 is 0 Å². The van der Waals surface area contributed by atoms with Crippen LogP contribution in [0.2, 0.25) is 15.1 Å². The zero-order valence-electron chi connectivity index (χ0n) is 29.2. The molecule has 0 aromatic heterocycles. The topological polar surface area (TPSA) is 88.2 Å². The molecule has 8 nitrogen and oxygen atoms in total. The number of halogens is 3. The highest BCUT2D eigenvalue weighted by atomic mass is 35.5. The van der Waals surface area contributed by atoms with E-state index in [2.05, 4.69) is 34.5 Å². The number of ether oxygens (including phenoxy) is 2. The third-order valence-corrected chi connectivity index (χ3v) is 11.3. The first-order chi connectivity index (χ1) is 26.2. The minimum atomic E-state index is -0.814. The molecule has 3 aliphatic rings. The maximum atomic E-state index is 14.4. The van der Waals surface area contributed by atoms with Crippen LogP contribution in [-0.2, 0) is 16.2 Å². The smallest absolute Gasteiger partial charge is 0.335 e. The molecule has 4 amide bonds. The van der Waals surface area contributed by atoms with Crippen LogP contribution in [0.4, 0.5) is 16.2 Å². The number of hydrogen-bond acceptors (Lipinski definition) is 6. The van der Waals surface area contributed by atoms with E-state index < -0.39 is 17.8 Å². The fraction of sp³-hybridized carbons (Fsp3) is 0.186. The van der Waals surface area contributed by atoms with Gasteiger partial charge in [0.25, 0.3) is 11.8 Å². The number of anilines is 2. The number of carbonyl (C=O) groups is 3. The largest absolute Gasteiger partial charge is 0.493 e. The summed E-state index contributed by atoms with van der Waals surface area (Å²) in [5.74, 6) is -0.910. The van der Waals surface area contributed by atoms with Crippen LogP contribution in [0.3, 0.4) is 0 Å². The van der Waals surface area contributed by atoms with Gasteiger partial charge in [0, 0.05) is 30.6 Å². The SMILES string of the molecule is COc1cc(/C=C2\C(=O)NC(=O)N(c3cc4c5c(c3)[C@H](c3ccccc3)CCN5CC[C@@H]4c3ccccc3)C2=O)cc(Cl)c1OCc1ccc(Cl)c(Cl)c1. The molecule has 5 aromatic carbocycles. The van der Waals surface area contributed by atoms with Gasteiger partial charge in [0.05, 0.1) is 27.9 Å². The molecule has 0 bridgehead atoms. The fourth-order valence-electron chi connectivity index (χ4n) is 7.78. The van der Waals surface area contributed by atoms with Gasteiger partial charge in [-0.05, 0) is 88.7 Å². The molecule has 1 N–H and O–H groups in total. The average Bonchev–Trinajstić information content (AvgIpc) is 3.18. The van der Waals surface area contributed by atoms with Crippen LogP contribution in [-0.4, -0.2) is 38.0 Å². The van der Waals surface area contributed by atoms with Crippen molar-refractivity contribution in [2.75, 3.05) is 30.0 Å². The fourth-order valence-corrected chi connectivity index (χ4v) is 8.37. The van der Waals surface area contributed by atoms with E-state index in [0.29, 0.717) is 21.3 Å². The molecule has 0 saturated carbocycles. The number of amides is 4. The molecule has 54 heavy (non-hydrogen) atoms. The Kier molecular flexibility index (Phi) is 9.83. The quantitative estimate of drug-likeness (QED) is 0.125. The summed E-state index contributed by atoms with van der Waals surface area (Å²) in [6.07, 6.45) is 3.17. The first-order valence-electron chi connectivity index (χ1n) is 17.6. The van der Waals surface area contributed by atoms with E-state index in [-0.39, 0.29) is 40.5 Å². The van der Waals surface area contributed by atoms with Crippen molar-refractivity contribution in [1.82, 2.24) is 5.32 Å². The molecule has 0 radical (unpaired) electrons. The Morgan fingerprint density at radius 1 is 0.759 bits per heavy atom. The molecular formula is C43H34Cl3N3O5. The van der Waals surface area contributed by atoms with Crippen molar-refractivity contribution >= 4 is 70.1 Å². The number of benzene rings is 5. The van der Waals surface area contributed by atoms with E-state index in [0.717, 1.165) is 53.2 Å². The number of methoxy groups -OCH3 is 1. The van der Waals surface area contributed by atoms with Gasteiger partial charge in [-0.25, -0.2) is 9.69 Å². The van der Waals surface area contributed by atoms with Crippen molar-refractivity contribution in [2.24, 2.45) is 0 Å². The van der Waals surface area contributed by atoms with Crippen LogP contribution in [0.5, 0.6) is 11.5 Å². The molecule has 1 fully saturated rings. The van der Waals surface area contributed by atoms with E-state index in [1.807, 2.05) is 48.5 Å². The lowest BCUT2D eigenvalue weighted by Crippen LogP contribution is -2.54. The van der Waals surface area contributed by atoms with E-state index in [9.17, 15) is 14.4 Å². The van der Waals surface area contributed by atoms with Crippen LogP contribution in [0, 0.1) is 0 Å². The summed E-state index contributed by atoms with van der Waals surface area (Å²) < 4.78 is 11.6. The van der Waals surface area contributed by atoms with Gasteiger partial charge in [0.15, 0.2) is 11.5 Å². The van der Waals surface area contributed by atoms with Crippen molar-refractivity contribution < 1.29 is 23.9 Å². The summed E-state index contributed by atoms with van der Waals surface area (Å²) in [4.78, 5) is 44.8. The normalized spacial score (nSPS) is 18.7.